The number of fused-ring (bicyclic) bond motifs is 1. The maximum Gasteiger partial charge on any atom is 0.239 e. The van der Waals surface area contributed by atoms with Crippen molar-refractivity contribution in [3.8, 4) is 11.3 Å². The molecule has 0 radical (unpaired) electrons. The number of hydrazine groups is 1. The SMILES string of the molecule is CC(=O)Nc1cccc(-c2cn3c(CC(=O)NN)csc3n2)c1. The minimum absolute atomic E-state index is 0.122. The number of nitrogens with two attached hydrogens (primary N) is 1. The molecular formula is C15H15N5O2S. The molecular weight excluding hydrogens is 314 g/mol. The molecule has 8 heteroatoms. The van der Waals surface area contributed by atoms with Crippen LogP contribution >= 0.6 is 11.3 Å². The van der Waals surface area contributed by atoms with Gasteiger partial charge in [-0.25, -0.2) is 10.8 Å². The number of benzene rings is 1. The number of nitrogens with zero attached hydrogens (tertiary/aromatic N) is 2. The molecule has 7 nitrogen and oxygen atoms in total. The average Bonchev–Trinajstić information content (AvgIpc) is 3.09. The van der Waals surface area contributed by atoms with Gasteiger partial charge < -0.3 is 5.32 Å². The van der Waals surface area contributed by atoms with Crippen LogP contribution in [-0.4, -0.2) is 21.2 Å². The molecule has 23 heavy (non-hydrogen) atoms. The largest absolute Gasteiger partial charge is 0.326 e. The van der Waals surface area contributed by atoms with Crippen molar-refractivity contribution < 1.29 is 9.59 Å². The van der Waals surface area contributed by atoms with Crippen LogP contribution < -0.4 is 16.6 Å². The van der Waals surface area contributed by atoms with Gasteiger partial charge in [-0.15, -0.1) is 11.3 Å². The summed E-state index contributed by atoms with van der Waals surface area (Å²) in [4.78, 5) is 28.0. The van der Waals surface area contributed by atoms with Gasteiger partial charge in [0.15, 0.2) is 4.96 Å². The number of carbonyl (C=O) groups excluding carboxylic acids is 2. The van der Waals surface area contributed by atoms with Crippen molar-refractivity contribution in [2.75, 3.05) is 5.32 Å². The minimum atomic E-state index is -0.257. The van der Waals surface area contributed by atoms with Crippen LogP contribution in [0.2, 0.25) is 0 Å². The number of thiazole rings is 1. The van der Waals surface area contributed by atoms with Gasteiger partial charge in [0.1, 0.15) is 0 Å². The molecule has 0 atom stereocenters. The first-order valence-corrected chi connectivity index (χ1v) is 7.77. The smallest absolute Gasteiger partial charge is 0.239 e. The molecule has 0 bridgehead atoms. The normalized spacial score (nSPS) is 10.7. The number of aromatic nitrogens is 2. The summed E-state index contributed by atoms with van der Waals surface area (Å²) in [6.07, 6.45) is 2.07. The fourth-order valence-corrected chi connectivity index (χ4v) is 3.14. The fraction of sp³-hybridized carbons (Fsp3) is 0.133. The van der Waals surface area contributed by atoms with Crippen molar-refractivity contribution in [1.82, 2.24) is 14.8 Å². The zero-order valence-electron chi connectivity index (χ0n) is 12.4. The van der Waals surface area contributed by atoms with Crippen molar-refractivity contribution in [2.24, 2.45) is 5.84 Å². The summed E-state index contributed by atoms with van der Waals surface area (Å²) in [7, 11) is 0. The molecule has 2 amide bonds. The highest BCUT2D eigenvalue weighted by molar-refractivity contribution is 7.15. The number of hydrogen-bond acceptors (Lipinski definition) is 5. The molecule has 0 aliphatic rings. The highest BCUT2D eigenvalue weighted by Gasteiger charge is 2.12. The van der Waals surface area contributed by atoms with Crippen LogP contribution in [0, 0.1) is 0 Å². The molecule has 0 unspecified atom stereocenters. The van der Waals surface area contributed by atoms with E-state index in [0.717, 1.165) is 21.9 Å². The second-order valence-electron chi connectivity index (χ2n) is 5.01. The number of amides is 2. The van der Waals surface area contributed by atoms with Gasteiger partial charge in [0.05, 0.1) is 12.1 Å². The van der Waals surface area contributed by atoms with Gasteiger partial charge in [-0.3, -0.25) is 19.4 Å². The number of rotatable bonds is 4. The molecule has 3 rings (SSSR count). The highest BCUT2D eigenvalue weighted by atomic mass is 32.1. The molecule has 0 saturated carbocycles. The first kappa shape index (κ1) is 15.2. The standard InChI is InChI=1S/C15H15N5O2S/c1-9(21)17-11-4-2-3-10(5-11)13-7-20-12(6-14(22)19-16)8-23-15(20)18-13/h2-5,7-8H,6,16H2,1H3,(H,17,21)(H,19,22). The molecule has 3 aromatic rings. The Morgan fingerprint density at radius 3 is 2.96 bits per heavy atom. The Balaban J connectivity index is 1.94. The van der Waals surface area contributed by atoms with Gasteiger partial charge in [0.25, 0.3) is 0 Å². The lowest BCUT2D eigenvalue weighted by Crippen LogP contribution is -2.31. The van der Waals surface area contributed by atoms with Crippen LogP contribution in [0.15, 0.2) is 35.8 Å². The zero-order chi connectivity index (χ0) is 16.4. The van der Waals surface area contributed by atoms with E-state index in [-0.39, 0.29) is 18.2 Å². The minimum Gasteiger partial charge on any atom is -0.326 e. The van der Waals surface area contributed by atoms with E-state index in [9.17, 15) is 9.59 Å². The summed E-state index contributed by atoms with van der Waals surface area (Å²) in [5.41, 5.74) is 5.33. The molecule has 0 saturated heterocycles. The lowest BCUT2D eigenvalue weighted by atomic mass is 10.1. The number of carbonyl (C=O) groups is 2. The highest BCUT2D eigenvalue weighted by Crippen LogP contribution is 2.25. The first-order valence-electron chi connectivity index (χ1n) is 6.90. The lowest BCUT2D eigenvalue weighted by molar-refractivity contribution is -0.120. The summed E-state index contributed by atoms with van der Waals surface area (Å²) in [5.74, 6) is 4.75. The van der Waals surface area contributed by atoms with E-state index in [1.807, 2.05) is 40.2 Å². The van der Waals surface area contributed by atoms with E-state index in [2.05, 4.69) is 15.7 Å². The maximum atomic E-state index is 11.4. The van der Waals surface area contributed by atoms with E-state index in [1.165, 1.54) is 18.3 Å². The fourth-order valence-electron chi connectivity index (χ4n) is 2.27. The van der Waals surface area contributed by atoms with Gasteiger partial charge >= 0.3 is 0 Å². The summed E-state index contributed by atoms with van der Waals surface area (Å²) in [6, 6.07) is 7.46. The van der Waals surface area contributed by atoms with Crippen molar-refractivity contribution in [2.45, 2.75) is 13.3 Å². The Kier molecular flexibility index (Phi) is 4.09. The first-order chi connectivity index (χ1) is 11.1. The zero-order valence-corrected chi connectivity index (χ0v) is 13.2. The third-order valence-electron chi connectivity index (χ3n) is 3.26. The number of anilines is 1. The second kappa shape index (κ2) is 6.19. The third-order valence-corrected chi connectivity index (χ3v) is 4.15. The predicted octanol–water partition coefficient (Wildman–Crippen LogP) is 1.55. The number of hydrogen-bond donors (Lipinski definition) is 3. The van der Waals surface area contributed by atoms with Crippen LogP contribution in [0.25, 0.3) is 16.2 Å². The van der Waals surface area contributed by atoms with Crippen LogP contribution in [0.4, 0.5) is 5.69 Å². The van der Waals surface area contributed by atoms with Crippen molar-refractivity contribution in [1.29, 1.82) is 0 Å². The van der Waals surface area contributed by atoms with E-state index in [1.54, 1.807) is 0 Å². The topological polar surface area (TPSA) is 102 Å². The van der Waals surface area contributed by atoms with E-state index >= 15 is 0 Å². The molecule has 1 aromatic carbocycles. The molecule has 0 fully saturated rings. The number of imidazole rings is 1. The van der Waals surface area contributed by atoms with Gasteiger partial charge in [-0.1, -0.05) is 12.1 Å². The summed E-state index contributed by atoms with van der Waals surface area (Å²) < 4.78 is 1.88. The monoisotopic (exact) mass is 329 g/mol. The Hall–Kier alpha value is -2.71. The molecule has 2 heterocycles. The Morgan fingerprint density at radius 2 is 2.22 bits per heavy atom. The molecule has 0 spiro atoms. The van der Waals surface area contributed by atoms with E-state index in [4.69, 9.17) is 5.84 Å². The number of nitrogens with one attached hydrogen (secondary N) is 2. The van der Waals surface area contributed by atoms with Crippen LogP contribution in [0.5, 0.6) is 0 Å². The molecule has 4 N–H and O–H groups in total. The van der Waals surface area contributed by atoms with Crippen molar-refractivity contribution >= 4 is 33.8 Å². The predicted molar refractivity (Wildman–Crippen MR) is 88.8 cm³/mol. The quantitative estimate of drug-likeness (QED) is 0.384. The van der Waals surface area contributed by atoms with Gasteiger partial charge in [-0.2, -0.15) is 0 Å². The lowest BCUT2D eigenvalue weighted by Gasteiger charge is -2.03. The average molecular weight is 329 g/mol. The van der Waals surface area contributed by atoms with Crippen LogP contribution in [0.1, 0.15) is 12.6 Å². The third kappa shape index (κ3) is 3.22. The summed E-state index contributed by atoms with van der Waals surface area (Å²) in [6.45, 7) is 1.47. The Morgan fingerprint density at radius 1 is 1.39 bits per heavy atom. The molecule has 0 aliphatic heterocycles. The van der Waals surface area contributed by atoms with Crippen LogP contribution in [0.3, 0.4) is 0 Å². The van der Waals surface area contributed by atoms with Crippen molar-refractivity contribution in [3.63, 3.8) is 0 Å². The molecule has 118 valence electrons. The summed E-state index contributed by atoms with van der Waals surface area (Å²) in [5, 5.41) is 4.63. The van der Waals surface area contributed by atoms with E-state index < -0.39 is 0 Å². The van der Waals surface area contributed by atoms with Gasteiger partial charge in [0.2, 0.25) is 11.8 Å². The molecule has 0 aliphatic carbocycles. The van der Waals surface area contributed by atoms with Gasteiger partial charge in [0, 0.05) is 35.4 Å². The second-order valence-corrected chi connectivity index (χ2v) is 5.85. The summed E-state index contributed by atoms with van der Waals surface area (Å²) >= 11 is 1.46. The Bertz CT molecular complexity index is 883. The van der Waals surface area contributed by atoms with Crippen LogP contribution in [-0.2, 0) is 16.0 Å². The van der Waals surface area contributed by atoms with Crippen molar-refractivity contribution in [3.05, 3.63) is 41.5 Å². The molecule has 2 aromatic heterocycles. The van der Waals surface area contributed by atoms with Gasteiger partial charge in [-0.05, 0) is 12.1 Å². The Labute approximate surface area is 136 Å². The maximum absolute atomic E-state index is 11.4. The van der Waals surface area contributed by atoms with E-state index in [0.29, 0.717) is 5.69 Å².